The monoisotopic (exact) mass is 158 g/mol. The van der Waals surface area contributed by atoms with Gasteiger partial charge in [-0.05, 0) is 18.8 Å². The molecule has 0 aromatic carbocycles. The van der Waals surface area contributed by atoms with Gasteiger partial charge in [-0.25, -0.2) is 0 Å². The molecule has 0 amide bonds. The molecule has 1 aliphatic rings. The van der Waals surface area contributed by atoms with Crippen LogP contribution < -0.4 is 0 Å². The van der Waals surface area contributed by atoms with Crippen LogP contribution in [0.2, 0.25) is 0 Å². The second-order valence-electron chi connectivity index (χ2n) is 3.30. The number of aliphatic hydroxyl groups is 2. The molecule has 1 rings (SSSR count). The van der Waals surface area contributed by atoms with Crippen LogP contribution >= 0.6 is 0 Å². The molecule has 0 aromatic heterocycles. The second-order valence-corrected chi connectivity index (χ2v) is 3.30. The van der Waals surface area contributed by atoms with Crippen LogP contribution in [0.3, 0.4) is 0 Å². The van der Waals surface area contributed by atoms with E-state index in [2.05, 4.69) is 0 Å². The zero-order valence-electron chi connectivity index (χ0n) is 6.71. The maximum absolute atomic E-state index is 11.1. The third kappa shape index (κ3) is 1.30. The van der Waals surface area contributed by atoms with Crippen LogP contribution in [0.5, 0.6) is 0 Å². The third-order valence-electron chi connectivity index (χ3n) is 2.58. The van der Waals surface area contributed by atoms with Crippen molar-refractivity contribution in [2.45, 2.75) is 31.8 Å². The summed E-state index contributed by atoms with van der Waals surface area (Å²) in [4.78, 5) is 11.1. The molecular formula is C8H14O3. The fourth-order valence-corrected chi connectivity index (χ4v) is 1.54. The molecule has 2 atom stereocenters. The molecule has 0 aromatic rings. The van der Waals surface area contributed by atoms with Crippen molar-refractivity contribution in [3.8, 4) is 0 Å². The van der Waals surface area contributed by atoms with Gasteiger partial charge in [-0.3, -0.25) is 4.79 Å². The molecule has 1 fully saturated rings. The van der Waals surface area contributed by atoms with Crippen molar-refractivity contribution in [1.82, 2.24) is 0 Å². The highest BCUT2D eigenvalue weighted by atomic mass is 16.3. The van der Waals surface area contributed by atoms with Crippen molar-refractivity contribution in [2.24, 2.45) is 5.92 Å². The minimum atomic E-state index is -1.45. The molecule has 1 saturated carbocycles. The number of rotatable bonds is 1. The Morgan fingerprint density at radius 2 is 2.36 bits per heavy atom. The Balaban J connectivity index is 2.77. The van der Waals surface area contributed by atoms with Gasteiger partial charge in [-0.15, -0.1) is 0 Å². The Bertz CT molecular complexity index is 167. The average molecular weight is 158 g/mol. The van der Waals surface area contributed by atoms with E-state index < -0.39 is 12.2 Å². The predicted molar refractivity (Wildman–Crippen MR) is 40.1 cm³/mol. The quantitative estimate of drug-likeness (QED) is 0.569. The summed E-state index contributed by atoms with van der Waals surface area (Å²) in [5.74, 6) is -0.312. The molecule has 0 spiro atoms. The first kappa shape index (κ1) is 8.68. The van der Waals surface area contributed by atoms with Crippen molar-refractivity contribution in [1.29, 1.82) is 0 Å². The molecule has 64 valence electrons. The zero-order valence-corrected chi connectivity index (χ0v) is 6.71. The Kier molecular flexibility index (Phi) is 2.30. The van der Waals surface area contributed by atoms with Gasteiger partial charge in [-0.2, -0.15) is 0 Å². The van der Waals surface area contributed by atoms with Gasteiger partial charge in [0.05, 0.1) is 6.61 Å². The Morgan fingerprint density at radius 1 is 1.73 bits per heavy atom. The summed E-state index contributed by atoms with van der Waals surface area (Å²) in [7, 11) is 0. The van der Waals surface area contributed by atoms with E-state index in [1.807, 2.05) is 0 Å². The van der Waals surface area contributed by atoms with E-state index in [-0.39, 0.29) is 11.7 Å². The van der Waals surface area contributed by atoms with Crippen molar-refractivity contribution in [2.75, 3.05) is 6.61 Å². The minimum Gasteiger partial charge on any atom is -0.393 e. The highest BCUT2D eigenvalue weighted by Gasteiger charge is 2.42. The van der Waals surface area contributed by atoms with E-state index in [9.17, 15) is 9.90 Å². The van der Waals surface area contributed by atoms with Gasteiger partial charge in [0, 0.05) is 6.42 Å². The number of Topliss-reactive ketones (excluding diaryl/α,β-unsaturated/α-hetero) is 1. The van der Waals surface area contributed by atoms with E-state index >= 15 is 0 Å². The van der Waals surface area contributed by atoms with Crippen LogP contribution in [0.1, 0.15) is 26.2 Å². The van der Waals surface area contributed by atoms with Crippen molar-refractivity contribution in [3.63, 3.8) is 0 Å². The van der Waals surface area contributed by atoms with Gasteiger partial charge in [0.2, 0.25) is 0 Å². The van der Waals surface area contributed by atoms with E-state index in [1.165, 1.54) is 0 Å². The number of aliphatic hydroxyl groups excluding tert-OH is 1. The number of carbonyl (C=O) groups excluding carboxylic acids is 1. The average Bonchev–Trinajstić information content (AvgIpc) is 2.00. The van der Waals surface area contributed by atoms with Gasteiger partial charge in [-0.1, -0.05) is 6.92 Å². The number of hydrogen-bond donors (Lipinski definition) is 2. The Labute approximate surface area is 66.0 Å². The number of ketones is 1. The highest BCUT2D eigenvalue weighted by Crippen LogP contribution is 2.30. The van der Waals surface area contributed by atoms with Gasteiger partial charge in [0.1, 0.15) is 5.60 Å². The van der Waals surface area contributed by atoms with Crippen LogP contribution in [0, 0.1) is 5.92 Å². The molecule has 1 aliphatic carbocycles. The highest BCUT2D eigenvalue weighted by molar-refractivity contribution is 5.88. The lowest BCUT2D eigenvalue weighted by molar-refractivity contribution is -0.152. The summed E-state index contributed by atoms with van der Waals surface area (Å²) in [5, 5.41) is 18.4. The summed E-state index contributed by atoms with van der Waals surface area (Å²) >= 11 is 0. The molecule has 3 nitrogen and oxygen atoms in total. The first-order valence-electron chi connectivity index (χ1n) is 3.98. The zero-order chi connectivity index (χ0) is 8.48. The maximum Gasteiger partial charge on any atom is 0.166 e. The molecule has 0 saturated heterocycles. The number of carbonyl (C=O) groups is 1. The molecule has 0 heterocycles. The first-order valence-corrected chi connectivity index (χ1v) is 3.98. The molecule has 3 heteroatoms. The smallest absolute Gasteiger partial charge is 0.166 e. The molecule has 0 bridgehead atoms. The van der Waals surface area contributed by atoms with Crippen LogP contribution in [0.25, 0.3) is 0 Å². The third-order valence-corrected chi connectivity index (χ3v) is 2.58. The first-order chi connectivity index (χ1) is 5.11. The standard InChI is InChI=1S/C8H14O3/c1-6-3-2-4-7(10)8(6,11)5-9/h6,9,11H,2-5H2,1H3/t6-,8+/m1/s1. The Hall–Kier alpha value is -0.410. The fourth-order valence-electron chi connectivity index (χ4n) is 1.54. The second kappa shape index (κ2) is 2.91. The van der Waals surface area contributed by atoms with Crippen molar-refractivity contribution in [3.05, 3.63) is 0 Å². The molecular weight excluding hydrogens is 144 g/mol. The largest absolute Gasteiger partial charge is 0.393 e. The summed E-state index contributed by atoms with van der Waals surface area (Å²) in [6.07, 6.45) is 2.06. The lowest BCUT2D eigenvalue weighted by Gasteiger charge is -2.34. The summed E-state index contributed by atoms with van der Waals surface area (Å²) in [6, 6.07) is 0. The lowest BCUT2D eigenvalue weighted by atomic mass is 9.76. The van der Waals surface area contributed by atoms with Crippen LogP contribution in [0.15, 0.2) is 0 Å². The fraction of sp³-hybridized carbons (Fsp3) is 0.875. The van der Waals surface area contributed by atoms with Gasteiger partial charge < -0.3 is 10.2 Å². The van der Waals surface area contributed by atoms with Crippen molar-refractivity contribution < 1.29 is 15.0 Å². The molecule has 0 radical (unpaired) electrons. The summed E-state index contributed by atoms with van der Waals surface area (Å²) in [6.45, 7) is 1.36. The SMILES string of the molecule is C[C@@H]1CCCC(=O)[C@]1(O)CO. The van der Waals surface area contributed by atoms with Crippen LogP contribution in [-0.4, -0.2) is 28.2 Å². The topological polar surface area (TPSA) is 57.5 Å². The predicted octanol–water partition coefficient (Wildman–Crippen LogP) is 0.0989. The molecule has 11 heavy (non-hydrogen) atoms. The number of hydrogen-bond acceptors (Lipinski definition) is 3. The van der Waals surface area contributed by atoms with Gasteiger partial charge in [0.25, 0.3) is 0 Å². The lowest BCUT2D eigenvalue weighted by Crippen LogP contribution is -2.50. The van der Waals surface area contributed by atoms with Crippen LogP contribution in [0.4, 0.5) is 0 Å². The van der Waals surface area contributed by atoms with Crippen molar-refractivity contribution >= 4 is 5.78 Å². The van der Waals surface area contributed by atoms with Gasteiger partial charge in [0.15, 0.2) is 5.78 Å². The summed E-state index contributed by atoms with van der Waals surface area (Å²) in [5.41, 5.74) is -1.45. The molecule has 0 aliphatic heterocycles. The van der Waals surface area contributed by atoms with E-state index in [0.29, 0.717) is 6.42 Å². The normalized spacial score (nSPS) is 39.2. The maximum atomic E-state index is 11.1. The van der Waals surface area contributed by atoms with E-state index in [4.69, 9.17) is 5.11 Å². The van der Waals surface area contributed by atoms with E-state index in [0.717, 1.165) is 12.8 Å². The molecule has 0 unspecified atom stereocenters. The Morgan fingerprint density at radius 3 is 2.73 bits per heavy atom. The molecule has 2 N–H and O–H groups in total. The van der Waals surface area contributed by atoms with Crippen LogP contribution in [-0.2, 0) is 4.79 Å². The van der Waals surface area contributed by atoms with E-state index in [1.54, 1.807) is 6.92 Å². The summed E-state index contributed by atoms with van der Waals surface area (Å²) < 4.78 is 0. The van der Waals surface area contributed by atoms with Gasteiger partial charge >= 0.3 is 0 Å². The minimum absolute atomic E-state index is 0.103.